The maximum Gasteiger partial charge on any atom is 0.222 e. The molecule has 0 saturated carbocycles. The van der Waals surface area contributed by atoms with E-state index in [0.29, 0.717) is 25.8 Å². The van der Waals surface area contributed by atoms with Gasteiger partial charge in [-0.2, -0.15) is 0 Å². The number of hydrogen-bond acceptors (Lipinski definition) is 4. The van der Waals surface area contributed by atoms with Gasteiger partial charge in [0, 0.05) is 43.1 Å². The fourth-order valence-corrected chi connectivity index (χ4v) is 5.08. The second-order valence-corrected chi connectivity index (χ2v) is 8.94. The Kier molecular flexibility index (Phi) is 5.40. The van der Waals surface area contributed by atoms with Crippen LogP contribution in [0.2, 0.25) is 0 Å². The summed E-state index contributed by atoms with van der Waals surface area (Å²) < 4.78 is 5.96. The Morgan fingerprint density at radius 3 is 2.89 bits per heavy atom. The molecule has 1 saturated heterocycles. The first-order valence-electron chi connectivity index (χ1n) is 9.85. The lowest BCUT2D eigenvalue weighted by Crippen LogP contribution is -2.45. The van der Waals surface area contributed by atoms with Crippen molar-refractivity contribution in [2.45, 2.75) is 50.2 Å². The summed E-state index contributed by atoms with van der Waals surface area (Å²) >= 11 is 1.70. The minimum absolute atomic E-state index is 0.0117. The number of carbonyl (C=O) groups is 2. The Morgan fingerprint density at radius 1 is 1.32 bits per heavy atom. The summed E-state index contributed by atoms with van der Waals surface area (Å²) in [4.78, 5) is 27.7. The quantitative estimate of drug-likeness (QED) is 0.779. The number of fused-ring (bicyclic) bond motifs is 1. The molecule has 0 unspecified atom stereocenters. The number of thiophene rings is 1. The molecule has 5 nitrogen and oxygen atoms in total. The fourth-order valence-electron chi connectivity index (χ4n) is 4.23. The van der Waals surface area contributed by atoms with Gasteiger partial charge in [0.2, 0.25) is 11.8 Å². The maximum absolute atomic E-state index is 12.7. The van der Waals surface area contributed by atoms with E-state index >= 15 is 0 Å². The van der Waals surface area contributed by atoms with Crippen LogP contribution >= 0.6 is 11.3 Å². The lowest BCUT2D eigenvalue weighted by Gasteiger charge is -2.30. The van der Waals surface area contributed by atoms with E-state index in [1.165, 1.54) is 10.4 Å². The zero-order valence-electron chi connectivity index (χ0n) is 16.1. The Balaban J connectivity index is 1.31. The lowest BCUT2D eigenvalue weighted by atomic mass is 9.87. The lowest BCUT2D eigenvalue weighted by molar-refractivity contribution is -0.131. The van der Waals surface area contributed by atoms with Crippen molar-refractivity contribution in [1.82, 2.24) is 10.2 Å². The zero-order valence-corrected chi connectivity index (χ0v) is 17.0. The molecule has 6 heteroatoms. The number of para-hydroxylation sites is 1. The topological polar surface area (TPSA) is 58.6 Å². The van der Waals surface area contributed by atoms with Crippen molar-refractivity contribution in [2.75, 3.05) is 13.6 Å². The number of nitrogens with one attached hydrogen (secondary N) is 1. The summed E-state index contributed by atoms with van der Waals surface area (Å²) in [6.07, 6.45) is 4.09. The standard InChI is InChI=1S/C22H26N2O3S/c1-24(15-17-13-16-5-2-3-7-19(16)27-17)21(26)9-11-22(10-8-20(25)23-22)14-18-6-4-12-28-18/h2-7,12,17H,8-11,13-15H2,1H3,(H,23,25)/t17-,22+/m0/s1. The van der Waals surface area contributed by atoms with Crippen molar-refractivity contribution in [3.8, 4) is 5.75 Å². The van der Waals surface area contributed by atoms with Crippen molar-refractivity contribution in [3.05, 3.63) is 52.2 Å². The third-order valence-electron chi connectivity index (χ3n) is 5.76. The normalized spacial score (nSPS) is 23.2. The Labute approximate surface area is 169 Å². The van der Waals surface area contributed by atoms with Gasteiger partial charge in [-0.3, -0.25) is 9.59 Å². The van der Waals surface area contributed by atoms with E-state index in [4.69, 9.17) is 4.74 Å². The summed E-state index contributed by atoms with van der Waals surface area (Å²) in [5.41, 5.74) is 0.912. The molecule has 1 aromatic carbocycles. The number of ether oxygens (including phenoxy) is 1. The second-order valence-electron chi connectivity index (χ2n) is 7.91. The van der Waals surface area contributed by atoms with Gasteiger partial charge in [-0.05, 0) is 35.9 Å². The van der Waals surface area contributed by atoms with Gasteiger partial charge in [0.25, 0.3) is 0 Å². The number of carbonyl (C=O) groups excluding carboxylic acids is 2. The highest BCUT2D eigenvalue weighted by atomic mass is 32.1. The molecule has 0 spiro atoms. The van der Waals surface area contributed by atoms with Gasteiger partial charge < -0.3 is 15.0 Å². The van der Waals surface area contributed by atoms with Crippen LogP contribution in [0.15, 0.2) is 41.8 Å². The van der Waals surface area contributed by atoms with E-state index in [9.17, 15) is 9.59 Å². The number of benzene rings is 1. The van der Waals surface area contributed by atoms with Crippen LogP contribution in [-0.4, -0.2) is 41.9 Å². The highest BCUT2D eigenvalue weighted by Gasteiger charge is 2.38. The molecule has 3 heterocycles. The van der Waals surface area contributed by atoms with Gasteiger partial charge in [-0.15, -0.1) is 11.3 Å². The van der Waals surface area contributed by atoms with Crippen LogP contribution in [0, 0.1) is 0 Å². The third kappa shape index (κ3) is 4.22. The third-order valence-corrected chi connectivity index (χ3v) is 6.64. The van der Waals surface area contributed by atoms with Crippen LogP contribution in [-0.2, 0) is 22.4 Å². The molecule has 0 aliphatic carbocycles. The van der Waals surface area contributed by atoms with Gasteiger partial charge in [-0.25, -0.2) is 0 Å². The van der Waals surface area contributed by atoms with Gasteiger partial charge in [0.15, 0.2) is 0 Å². The summed E-state index contributed by atoms with van der Waals surface area (Å²) in [5, 5.41) is 5.21. The Bertz CT molecular complexity index is 826. The van der Waals surface area contributed by atoms with Gasteiger partial charge >= 0.3 is 0 Å². The Morgan fingerprint density at radius 2 is 2.18 bits per heavy atom. The number of likely N-dealkylation sites (N-methyl/N-ethyl adjacent to an activating group) is 1. The largest absolute Gasteiger partial charge is 0.488 e. The summed E-state index contributed by atoms with van der Waals surface area (Å²) in [6, 6.07) is 12.2. The fraction of sp³-hybridized carbons (Fsp3) is 0.455. The molecule has 28 heavy (non-hydrogen) atoms. The van der Waals surface area contributed by atoms with E-state index in [0.717, 1.165) is 25.0 Å². The van der Waals surface area contributed by atoms with Gasteiger partial charge in [0.1, 0.15) is 11.9 Å². The number of rotatable bonds is 7. The monoisotopic (exact) mass is 398 g/mol. The molecule has 2 aromatic rings. The predicted octanol–water partition coefficient (Wildman–Crippen LogP) is 3.18. The van der Waals surface area contributed by atoms with Crippen molar-refractivity contribution in [2.24, 2.45) is 0 Å². The molecule has 1 aromatic heterocycles. The molecule has 1 fully saturated rings. The number of amides is 2. The molecule has 148 valence electrons. The van der Waals surface area contributed by atoms with Crippen molar-refractivity contribution in [3.63, 3.8) is 0 Å². The number of hydrogen-bond donors (Lipinski definition) is 1. The molecule has 2 atom stereocenters. The van der Waals surface area contributed by atoms with Crippen LogP contribution in [0.5, 0.6) is 5.75 Å². The summed E-state index contributed by atoms with van der Waals surface area (Å²) in [6.45, 7) is 0.581. The minimum atomic E-state index is -0.293. The number of nitrogens with zero attached hydrogens (tertiary/aromatic N) is 1. The van der Waals surface area contributed by atoms with Gasteiger partial charge in [0.05, 0.1) is 6.54 Å². The summed E-state index contributed by atoms with van der Waals surface area (Å²) in [7, 11) is 1.84. The molecule has 1 N–H and O–H groups in total. The molecule has 4 rings (SSSR count). The summed E-state index contributed by atoms with van der Waals surface area (Å²) in [5.74, 6) is 1.12. The zero-order chi connectivity index (χ0) is 19.6. The Hall–Kier alpha value is -2.34. The average Bonchev–Trinajstić information content (AvgIpc) is 3.40. The van der Waals surface area contributed by atoms with Crippen LogP contribution in [0.4, 0.5) is 0 Å². The van der Waals surface area contributed by atoms with Crippen LogP contribution in [0.25, 0.3) is 0 Å². The smallest absolute Gasteiger partial charge is 0.222 e. The molecule has 2 amide bonds. The molecule has 2 aliphatic heterocycles. The predicted molar refractivity (Wildman–Crippen MR) is 110 cm³/mol. The van der Waals surface area contributed by atoms with Crippen molar-refractivity contribution < 1.29 is 14.3 Å². The molecule has 2 aliphatic rings. The molecular weight excluding hydrogens is 372 g/mol. The highest BCUT2D eigenvalue weighted by molar-refractivity contribution is 7.09. The SMILES string of the molecule is CN(C[C@@H]1Cc2ccccc2O1)C(=O)CC[C@@]1(Cc2cccs2)CCC(=O)N1. The van der Waals surface area contributed by atoms with Crippen molar-refractivity contribution >= 4 is 23.2 Å². The van der Waals surface area contributed by atoms with E-state index < -0.39 is 0 Å². The van der Waals surface area contributed by atoms with E-state index in [1.54, 1.807) is 16.2 Å². The van der Waals surface area contributed by atoms with Gasteiger partial charge in [-0.1, -0.05) is 24.3 Å². The molecule has 0 radical (unpaired) electrons. The average molecular weight is 399 g/mol. The van der Waals surface area contributed by atoms with E-state index in [1.807, 2.05) is 31.3 Å². The van der Waals surface area contributed by atoms with Crippen LogP contribution in [0.1, 0.15) is 36.1 Å². The second kappa shape index (κ2) is 7.95. The first kappa shape index (κ1) is 19.0. The molecule has 0 bridgehead atoms. The first-order chi connectivity index (χ1) is 13.5. The van der Waals surface area contributed by atoms with E-state index in [2.05, 4.69) is 22.8 Å². The first-order valence-corrected chi connectivity index (χ1v) is 10.7. The van der Waals surface area contributed by atoms with E-state index in [-0.39, 0.29) is 23.5 Å². The highest BCUT2D eigenvalue weighted by Crippen LogP contribution is 2.32. The van der Waals surface area contributed by atoms with Crippen molar-refractivity contribution in [1.29, 1.82) is 0 Å². The molecular formula is C22H26N2O3S. The van der Waals surface area contributed by atoms with Crippen LogP contribution < -0.4 is 10.1 Å². The van der Waals surface area contributed by atoms with Crippen LogP contribution in [0.3, 0.4) is 0 Å². The minimum Gasteiger partial charge on any atom is -0.488 e. The maximum atomic E-state index is 12.7.